The molecule has 0 heterocycles. The molecule has 12 heavy (non-hydrogen) atoms. The van der Waals surface area contributed by atoms with Crippen LogP contribution in [0.5, 0.6) is 11.5 Å². The second kappa shape index (κ2) is 2.41. The van der Waals surface area contributed by atoms with Crippen LogP contribution in [0.1, 0.15) is 0 Å². The van der Waals surface area contributed by atoms with E-state index in [1.807, 2.05) is 0 Å². The van der Waals surface area contributed by atoms with Crippen molar-refractivity contribution in [2.24, 2.45) is 0 Å². The van der Waals surface area contributed by atoms with E-state index in [9.17, 15) is 0 Å². The Morgan fingerprint density at radius 2 is 1.83 bits per heavy atom. The Balaban J connectivity index is 2.79. The zero-order valence-corrected chi connectivity index (χ0v) is 6.28. The lowest BCUT2D eigenvalue weighted by Crippen LogP contribution is -1.72. The smallest absolute Gasteiger partial charge is 0.124 e. The summed E-state index contributed by atoms with van der Waals surface area (Å²) in [5, 5.41) is 19.9. The SMILES string of the molecule is Oc1[c]c2ccc(O)cc2cc1. The van der Waals surface area contributed by atoms with Gasteiger partial charge in [0.2, 0.25) is 0 Å². The molecule has 0 bridgehead atoms. The lowest BCUT2D eigenvalue weighted by Gasteiger charge is -1.97. The first-order valence-electron chi connectivity index (χ1n) is 3.60. The summed E-state index contributed by atoms with van der Waals surface area (Å²) < 4.78 is 0. The Hall–Kier alpha value is -1.70. The number of fused-ring (bicyclic) bond motifs is 1. The second-order valence-electron chi connectivity index (χ2n) is 2.62. The molecule has 0 aliphatic heterocycles. The molecule has 2 aromatic rings. The van der Waals surface area contributed by atoms with Crippen molar-refractivity contribution in [2.75, 3.05) is 0 Å². The van der Waals surface area contributed by atoms with Crippen LogP contribution in [0, 0.1) is 6.07 Å². The molecule has 2 heteroatoms. The molecule has 0 amide bonds. The average Bonchev–Trinajstić information content (AvgIpc) is 2.05. The summed E-state index contributed by atoms with van der Waals surface area (Å²) in [5.41, 5.74) is 0. The van der Waals surface area contributed by atoms with E-state index >= 15 is 0 Å². The molecular weight excluding hydrogens is 152 g/mol. The van der Waals surface area contributed by atoms with E-state index in [0.717, 1.165) is 10.8 Å². The van der Waals surface area contributed by atoms with Crippen molar-refractivity contribution in [3.8, 4) is 11.5 Å². The van der Waals surface area contributed by atoms with Gasteiger partial charge in [0.1, 0.15) is 11.5 Å². The van der Waals surface area contributed by atoms with E-state index in [1.165, 1.54) is 0 Å². The highest BCUT2D eigenvalue weighted by Gasteiger charge is 1.95. The number of hydrogen-bond donors (Lipinski definition) is 2. The van der Waals surface area contributed by atoms with Gasteiger partial charge in [-0.3, -0.25) is 0 Å². The van der Waals surface area contributed by atoms with Crippen LogP contribution in [0.4, 0.5) is 0 Å². The van der Waals surface area contributed by atoms with Crippen molar-refractivity contribution in [3.63, 3.8) is 0 Å². The molecule has 0 saturated carbocycles. The minimum atomic E-state index is 0.119. The molecule has 0 spiro atoms. The van der Waals surface area contributed by atoms with Gasteiger partial charge in [-0.25, -0.2) is 0 Å². The Morgan fingerprint density at radius 1 is 1.00 bits per heavy atom. The maximum atomic E-state index is 9.12. The Kier molecular flexibility index (Phi) is 1.40. The fourth-order valence-corrected chi connectivity index (χ4v) is 1.15. The van der Waals surface area contributed by atoms with Crippen LogP contribution in [0.2, 0.25) is 0 Å². The van der Waals surface area contributed by atoms with Crippen LogP contribution >= 0.6 is 0 Å². The van der Waals surface area contributed by atoms with Gasteiger partial charge in [0.05, 0.1) is 0 Å². The van der Waals surface area contributed by atoms with Gasteiger partial charge in [-0.1, -0.05) is 6.07 Å². The van der Waals surface area contributed by atoms with Gasteiger partial charge in [-0.15, -0.1) is 0 Å². The second-order valence-corrected chi connectivity index (χ2v) is 2.62. The fraction of sp³-hybridized carbons (Fsp3) is 0. The van der Waals surface area contributed by atoms with Crippen LogP contribution in [0.15, 0.2) is 30.3 Å². The van der Waals surface area contributed by atoms with Crippen LogP contribution < -0.4 is 0 Å². The number of benzene rings is 2. The normalized spacial score (nSPS) is 10.3. The minimum Gasteiger partial charge on any atom is -0.508 e. The van der Waals surface area contributed by atoms with Crippen LogP contribution in [-0.4, -0.2) is 10.2 Å². The molecule has 0 aliphatic carbocycles. The molecule has 2 N–H and O–H groups in total. The van der Waals surface area contributed by atoms with Gasteiger partial charge < -0.3 is 10.2 Å². The molecule has 2 rings (SSSR count). The highest BCUT2D eigenvalue weighted by molar-refractivity contribution is 5.84. The molecule has 2 nitrogen and oxygen atoms in total. The number of hydrogen-bond acceptors (Lipinski definition) is 2. The van der Waals surface area contributed by atoms with Crippen molar-refractivity contribution in [1.82, 2.24) is 0 Å². The molecule has 0 aliphatic rings. The molecular formula is C10H7O2. The molecule has 59 valence electrons. The van der Waals surface area contributed by atoms with Gasteiger partial charge in [0, 0.05) is 6.07 Å². The van der Waals surface area contributed by atoms with Gasteiger partial charge in [0.15, 0.2) is 0 Å². The topological polar surface area (TPSA) is 40.5 Å². The van der Waals surface area contributed by atoms with Crippen LogP contribution in [0.3, 0.4) is 0 Å². The molecule has 0 fully saturated rings. The summed E-state index contributed by atoms with van der Waals surface area (Å²) in [6.07, 6.45) is 0. The fourth-order valence-electron chi connectivity index (χ4n) is 1.15. The molecule has 0 saturated heterocycles. The van der Waals surface area contributed by atoms with Crippen LogP contribution in [-0.2, 0) is 0 Å². The third-order valence-corrected chi connectivity index (χ3v) is 1.72. The van der Waals surface area contributed by atoms with E-state index in [2.05, 4.69) is 6.07 Å². The highest BCUT2D eigenvalue weighted by Crippen LogP contribution is 2.22. The maximum absolute atomic E-state index is 9.12. The third-order valence-electron chi connectivity index (χ3n) is 1.72. The van der Waals surface area contributed by atoms with Gasteiger partial charge in [-0.05, 0) is 35.0 Å². The first-order chi connectivity index (χ1) is 5.75. The van der Waals surface area contributed by atoms with Gasteiger partial charge >= 0.3 is 0 Å². The molecule has 0 unspecified atom stereocenters. The Labute approximate surface area is 69.7 Å². The first kappa shape index (κ1) is 6.98. The van der Waals surface area contributed by atoms with E-state index in [-0.39, 0.29) is 11.5 Å². The Bertz CT molecular complexity index is 380. The number of aromatic hydroxyl groups is 2. The maximum Gasteiger partial charge on any atom is 0.124 e. The zero-order valence-electron chi connectivity index (χ0n) is 6.28. The van der Waals surface area contributed by atoms with E-state index in [1.54, 1.807) is 30.3 Å². The van der Waals surface area contributed by atoms with E-state index in [0.29, 0.717) is 0 Å². The third kappa shape index (κ3) is 1.07. The summed E-state index contributed by atoms with van der Waals surface area (Å²) >= 11 is 0. The minimum absolute atomic E-state index is 0.119. The van der Waals surface area contributed by atoms with Crippen molar-refractivity contribution >= 4 is 10.8 Å². The zero-order chi connectivity index (χ0) is 8.55. The van der Waals surface area contributed by atoms with E-state index < -0.39 is 0 Å². The number of phenolic OH excluding ortho intramolecular Hbond substituents is 2. The summed E-state index contributed by atoms with van der Waals surface area (Å²) in [7, 11) is 0. The predicted octanol–water partition coefficient (Wildman–Crippen LogP) is 2.05. The van der Waals surface area contributed by atoms with Crippen molar-refractivity contribution in [3.05, 3.63) is 36.4 Å². The molecule has 2 aromatic carbocycles. The molecule has 1 radical (unpaired) electrons. The standard InChI is InChI=1S/C10H7O2/c11-9-3-1-7-5-10(12)4-2-8(7)6-9/h1-5,11-12H. The first-order valence-corrected chi connectivity index (χ1v) is 3.60. The lowest BCUT2D eigenvalue weighted by atomic mass is 10.1. The van der Waals surface area contributed by atoms with Crippen LogP contribution in [0.25, 0.3) is 10.8 Å². The van der Waals surface area contributed by atoms with Crippen molar-refractivity contribution < 1.29 is 10.2 Å². The van der Waals surface area contributed by atoms with Crippen molar-refractivity contribution in [1.29, 1.82) is 0 Å². The quantitative estimate of drug-likeness (QED) is 0.617. The van der Waals surface area contributed by atoms with Crippen molar-refractivity contribution in [2.45, 2.75) is 0 Å². The number of phenols is 2. The van der Waals surface area contributed by atoms with Gasteiger partial charge in [0.25, 0.3) is 0 Å². The number of rotatable bonds is 0. The highest BCUT2D eigenvalue weighted by atomic mass is 16.3. The average molecular weight is 159 g/mol. The lowest BCUT2D eigenvalue weighted by molar-refractivity contribution is 0.473. The largest absolute Gasteiger partial charge is 0.508 e. The molecule has 0 atom stereocenters. The summed E-state index contributed by atoms with van der Waals surface area (Å²) in [6, 6.07) is 11.0. The van der Waals surface area contributed by atoms with Gasteiger partial charge in [-0.2, -0.15) is 0 Å². The predicted molar refractivity (Wildman–Crippen MR) is 46.1 cm³/mol. The summed E-state index contributed by atoms with van der Waals surface area (Å²) in [4.78, 5) is 0. The molecule has 0 aromatic heterocycles. The summed E-state index contributed by atoms with van der Waals surface area (Å²) in [5.74, 6) is 0.342. The monoisotopic (exact) mass is 159 g/mol. The van der Waals surface area contributed by atoms with E-state index in [4.69, 9.17) is 10.2 Å². The Morgan fingerprint density at radius 3 is 2.67 bits per heavy atom. The summed E-state index contributed by atoms with van der Waals surface area (Å²) in [6.45, 7) is 0.